The Hall–Kier alpha value is -1.64. The fourth-order valence-corrected chi connectivity index (χ4v) is 2.15. The maximum Gasteiger partial charge on any atom is 0.348 e. The fourth-order valence-electron chi connectivity index (χ4n) is 1.33. The van der Waals surface area contributed by atoms with E-state index in [0.717, 1.165) is 0 Å². The van der Waals surface area contributed by atoms with E-state index in [9.17, 15) is 4.79 Å². The second kappa shape index (κ2) is 7.72. The molecule has 100 valence electrons. The second-order valence-electron chi connectivity index (χ2n) is 3.12. The number of nitrogens with one attached hydrogen (secondary N) is 1. The van der Waals surface area contributed by atoms with Gasteiger partial charge in [0.2, 0.25) is 0 Å². The Morgan fingerprint density at radius 2 is 2.26 bits per heavy atom. The van der Waals surface area contributed by atoms with Gasteiger partial charge in [-0.05, 0) is 18.2 Å². The molecular formula is C13H14ClN3OS. The van der Waals surface area contributed by atoms with Gasteiger partial charge >= 0.3 is 5.69 Å². The molecule has 0 saturated carbocycles. The van der Waals surface area contributed by atoms with Gasteiger partial charge in [0, 0.05) is 5.02 Å². The molecule has 0 bridgehead atoms. The lowest BCUT2D eigenvalue weighted by atomic mass is 10.3. The molecule has 0 amide bonds. The zero-order valence-electron chi connectivity index (χ0n) is 10.7. The van der Waals surface area contributed by atoms with Crippen LogP contribution in [-0.2, 0) is 0 Å². The molecule has 6 heteroatoms. The summed E-state index contributed by atoms with van der Waals surface area (Å²) in [6.07, 6.45) is 5.18. The van der Waals surface area contributed by atoms with E-state index >= 15 is 0 Å². The third-order valence-corrected chi connectivity index (χ3v) is 3.07. The van der Waals surface area contributed by atoms with Crippen molar-refractivity contribution < 1.29 is 0 Å². The first-order valence-corrected chi connectivity index (χ1v) is 7.08. The van der Waals surface area contributed by atoms with E-state index in [0.29, 0.717) is 21.6 Å². The SMILES string of the molecule is C#CCSc1n[nH]c(=O)n1-c1cccc(Cl)c1.CC. The van der Waals surface area contributed by atoms with Crippen molar-refractivity contribution in [1.82, 2.24) is 14.8 Å². The largest absolute Gasteiger partial charge is 0.348 e. The first-order chi connectivity index (χ1) is 9.22. The van der Waals surface area contributed by atoms with Gasteiger partial charge in [0.1, 0.15) is 0 Å². The monoisotopic (exact) mass is 295 g/mol. The number of benzene rings is 1. The summed E-state index contributed by atoms with van der Waals surface area (Å²) in [4.78, 5) is 11.7. The lowest BCUT2D eigenvalue weighted by Gasteiger charge is -2.04. The lowest BCUT2D eigenvalue weighted by molar-refractivity contribution is 0.872. The number of nitrogens with zero attached hydrogens (tertiary/aromatic N) is 2. The molecule has 1 aromatic heterocycles. The Labute approximate surface area is 121 Å². The van der Waals surface area contributed by atoms with Gasteiger partial charge in [-0.25, -0.2) is 14.5 Å². The fraction of sp³-hybridized carbons (Fsp3) is 0.231. The number of halogens is 1. The Morgan fingerprint density at radius 1 is 1.53 bits per heavy atom. The van der Waals surface area contributed by atoms with Crippen LogP contribution >= 0.6 is 23.4 Å². The molecule has 4 nitrogen and oxygen atoms in total. The van der Waals surface area contributed by atoms with Crippen LogP contribution in [0.25, 0.3) is 5.69 Å². The molecule has 0 aliphatic carbocycles. The number of terminal acetylenes is 1. The van der Waals surface area contributed by atoms with Crippen molar-refractivity contribution in [1.29, 1.82) is 0 Å². The third kappa shape index (κ3) is 3.91. The van der Waals surface area contributed by atoms with Gasteiger partial charge in [0.15, 0.2) is 5.16 Å². The zero-order valence-corrected chi connectivity index (χ0v) is 12.3. The molecule has 0 unspecified atom stereocenters. The molecular weight excluding hydrogens is 282 g/mol. The zero-order chi connectivity index (χ0) is 14.3. The van der Waals surface area contributed by atoms with Crippen molar-refractivity contribution in [3.05, 3.63) is 39.8 Å². The number of aromatic nitrogens is 3. The smallest absolute Gasteiger partial charge is 0.246 e. The van der Waals surface area contributed by atoms with E-state index in [1.165, 1.54) is 16.3 Å². The van der Waals surface area contributed by atoms with Crippen molar-refractivity contribution in [2.75, 3.05) is 5.75 Å². The number of rotatable bonds is 3. The summed E-state index contributed by atoms with van der Waals surface area (Å²) >= 11 is 7.20. The van der Waals surface area contributed by atoms with Crippen LogP contribution in [0.4, 0.5) is 0 Å². The molecule has 0 radical (unpaired) electrons. The van der Waals surface area contributed by atoms with E-state index in [-0.39, 0.29) is 5.69 Å². The third-order valence-electron chi connectivity index (χ3n) is 1.99. The van der Waals surface area contributed by atoms with Crippen LogP contribution in [0.5, 0.6) is 0 Å². The molecule has 0 atom stereocenters. The topological polar surface area (TPSA) is 50.7 Å². The van der Waals surface area contributed by atoms with Crippen LogP contribution in [0, 0.1) is 12.3 Å². The molecule has 19 heavy (non-hydrogen) atoms. The van der Waals surface area contributed by atoms with Crippen LogP contribution in [0.15, 0.2) is 34.2 Å². The molecule has 1 N–H and O–H groups in total. The molecule has 1 heterocycles. The minimum Gasteiger partial charge on any atom is -0.246 e. The number of aromatic amines is 1. The number of H-pyrrole nitrogens is 1. The van der Waals surface area contributed by atoms with Crippen LogP contribution in [0.2, 0.25) is 5.02 Å². The van der Waals surface area contributed by atoms with E-state index in [1.807, 2.05) is 13.8 Å². The van der Waals surface area contributed by atoms with Crippen molar-refractivity contribution in [3.63, 3.8) is 0 Å². The van der Waals surface area contributed by atoms with Gasteiger partial charge in [-0.3, -0.25) is 0 Å². The van der Waals surface area contributed by atoms with Gasteiger partial charge in [-0.2, -0.15) is 0 Å². The molecule has 0 saturated heterocycles. The van der Waals surface area contributed by atoms with E-state index in [4.69, 9.17) is 18.0 Å². The van der Waals surface area contributed by atoms with Crippen LogP contribution in [0.1, 0.15) is 13.8 Å². The normalized spacial score (nSPS) is 9.37. The van der Waals surface area contributed by atoms with Gasteiger partial charge < -0.3 is 0 Å². The van der Waals surface area contributed by atoms with Crippen LogP contribution in [-0.4, -0.2) is 20.5 Å². The van der Waals surface area contributed by atoms with Crippen molar-refractivity contribution in [2.24, 2.45) is 0 Å². The predicted octanol–water partition coefficient (Wildman–Crippen LogP) is 2.97. The minimum atomic E-state index is -0.313. The Balaban J connectivity index is 0.000000861. The Kier molecular flexibility index (Phi) is 6.26. The number of hydrogen-bond donors (Lipinski definition) is 1. The first kappa shape index (κ1) is 15.4. The average molecular weight is 296 g/mol. The predicted molar refractivity (Wildman–Crippen MR) is 80.1 cm³/mol. The standard InChI is InChI=1S/C11H8ClN3OS.C2H6/c1-2-6-17-11-14-13-10(16)15(11)9-5-3-4-8(12)7-9;1-2/h1,3-5,7H,6H2,(H,13,16);1-2H3. The summed E-state index contributed by atoms with van der Waals surface area (Å²) < 4.78 is 1.44. The van der Waals surface area contributed by atoms with Gasteiger partial charge in [-0.1, -0.05) is 49.2 Å². The maximum absolute atomic E-state index is 11.7. The van der Waals surface area contributed by atoms with Gasteiger partial charge in [0.25, 0.3) is 0 Å². The van der Waals surface area contributed by atoms with Crippen molar-refractivity contribution >= 4 is 23.4 Å². The maximum atomic E-state index is 11.7. The number of thioether (sulfide) groups is 1. The molecule has 0 aliphatic heterocycles. The summed E-state index contributed by atoms with van der Waals surface area (Å²) in [5.74, 6) is 2.93. The van der Waals surface area contributed by atoms with Crippen LogP contribution in [0.3, 0.4) is 0 Å². The Bertz CT molecular complexity index is 627. The van der Waals surface area contributed by atoms with Crippen LogP contribution < -0.4 is 5.69 Å². The summed E-state index contributed by atoms with van der Waals surface area (Å²) in [5.41, 5.74) is 0.350. The first-order valence-electron chi connectivity index (χ1n) is 5.72. The summed E-state index contributed by atoms with van der Waals surface area (Å²) in [6, 6.07) is 6.98. The summed E-state index contributed by atoms with van der Waals surface area (Å²) in [7, 11) is 0. The quantitative estimate of drug-likeness (QED) is 0.699. The summed E-state index contributed by atoms with van der Waals surface area (Å²) in [5, 5.41) is 7.38. The molecule has 0 spiro atoms. The second-order valence-corrected chi connectivity index (χ2v) is 4.50. The van der Waals surface area contributed by atoms with Crippen molar-refractivity contribution in [2.45, 2.75) is 19.0 Å². The Morgan fingerprint density at radius 3 is 2.89 bits per heavy atom. The van der Waals surface area contributed by atoms with E-state index in [2.05, 4.69) is 16.1 Å². The lowest BCUT2D eigenvalue weighted by Crippen LogP contribution is -2.15. The average Bonchev–Trinajstić information content (AvgIpc) is 2.80. The molecule has 2 rings (SSSR count). The highest BCUT2D eigenvalue weighted by molar-refractivity contribution is 7.99. The molecule has 0 fully saturated rings. The highest BCUT2D eigenvalue weighted by Crippen LogP contribution is 2.19. The highest BCUT2D eigenvalue weighted by atomic mass is 35.5. The molecule has 1 aromatic carbocycles. The molecule has 2 aromatic rings. The van der Waals surface area contributed by atoms with Gasteiger partial charge in [-0.15, -0.1) is 11.5 Å². The van der Waals surface area contributed by atoms with E-state index in [1.54, 1.807) is 24.3 Å². The number of hydrogen-bond acceptors (Lipinski definition) is 3. The summed E-state index contributed by atoms with van der Waals surface area (Å²) in [6.45, 7) is 4.00. The van der Waals surface area contributed by atoms with Gasteiger partial charge in [0.05, 0.1) is 11.4 Å². The minimum absolute atomic E-state index is 0.313. The highest BCUT2D eigenvalue weighted by Gasteiger charge is 2.10. The van der Waals surface area contributed by atoms with E-state index < -0.39 is 0 Å². The van der Waals surface area contributed by atoms with Crippen molar-refractivity contribution in [3.8, 4) is 18.0 Å². The molecule has 0 aliphatic rings.